The Morgan fingerprint density at radius 2 is 2.40 bits per heavy atom. The molecule has 1 rings (SSSR count). The minimum Gasteiger partial charge on any atom is -0.357 e. The Morgan fingerprint density at radius 1 is 1.73 bits per heavy atom. The highest BCUT2D eigenvalue weighted by molar-refractivity contribution is 9.10. The minimum absolute atomic E-state index is 0.209. The fourth-order valence-corrected chi connectivity index (χ4v) is 1.29. The van der Waals surface area contributed by atoms with Gasteiger partial charge in [0.25, 0.3) is 5.91 Å². The van der Waals surface area contributed by atoms with Crippen LogP contribution in [0.15, 0.2) is 11.1 Å². The molecule has 0 fully saturated rings. The Morgan fingerprint density at radius 3 is 2.87 bits per heavy atom. The number of hydrogen-bond acceptors (Lipinski definition) is 5. The average Bonchev–Trinajstić information content (AvgIpc) is 2.26. The predicted octanol–water partition coefficient (Wildman–Crippen LogP) is -0.136. The Labute approximate surface area is 94.4 Å². The molecule has 15 heavy (non-hydrogen) atoms. The molecule has 0 aliphatic carbocycles. The van der Waals surface area contributed by atoms with Crippen LogP contribution < -0.4 is 15.0 Å². The van der Waals surface area contributed by atoms with Crippen molar-refractivity contribution in [3.63, 3.8) is 0 Å². The summed E-state index contributed by atoms with van der Waals surface area (Å²) in [7, 11) is 1.60. The van der Waals surface area contributed by atoms with Gasteiger partial charge in [-0.05, 0) is 0 Å². The largest absolute Gasteiger partial charge is 0.372 e. The molecule has 0 bridgehead atoms. The zero-order valence-corrected chi connectivity index (χ0v) is 9.85. The van der Waals surface area contributed by atoms with E-state index in [1.54, 1.807) is 14.0 Å². The highest BCUT2D eigenvalue weighted by Gasteiger charge is 2.12. The molecule has 1 N–H and O–H groups in total. The van der Waals surface area contributed by atoms with E-state index in [1.807, 2.05) is 0 Å². The van der Waals surface area contributed by atoms with Crippen molar-refractivity contribution >= 4 is 28.0 Å². The molecule has 0 spiro atoms. The van der Waals surface area contributed by atoms with Crippen LogP contribution in [0.3, 0.4) is 0 Å². The first-order chi connectivity index (χ1) is 7.10. The molecule has 0 saturated heterocycles. The number of nitrogens with one attached hydrogen (secondary N) is 1. The third-order valence-electron chi connectivity index (χ3n) is 1.61. The van der Waals surface area contributed by atoms with E-state index >= 15 is 0 Å². The molecule has 1 aromatic rings. The third-order valence-corrected chi connectivity index (χ3v) is 2.35. The van der Waals surface area contributed by atoms with E-state index in [1.165, 1.54) is 6.33 Å². The van der Waals surface area contributed by atoms with E-state index in [4.69, 9.17) is 0 Å². The van der Waals surface area contributed by atoms with Gasteiger partial charge in [0.1, 0.15) is 6.33 Å². The zero-order valence-electron chi connectivity index (χ0n) is 8.27. The normalized spacial score (nSPS) is 9.80. The molecule has 1 aromatic heterocycles. The molecule has 0 unspecified atom stereocenters. The summed E-state index contributed by atoms with van der Waals surface area (Å²) in [5.41, 5.74) is -0.590. The lowest BCUT2D eigenvalue weighted by Crippen LogP contribution is -2.40. The van der Waals surface area contributed by atoms with Crippen LogP contribution in [0.5, 0.6) is 0 Å². The van der Waals surface area contributed by atoms with Crippen LogP contribution in [0.4, 0.5) is 5.95 Å². The number of carbonyl (C=O) groups excluding carboxylic acids is 1. The van der Waals surface area contributed by atoms with Crippen molar-refractivity contribution in [3.05, 3.63) is 16.8 Å². The summed E-state index contributed by atoms with van der Waals surface area (Å²) in [5.74, 6) is -0.0565. The quantitative estimate of drug-likeness (QED) is 0.777. The van der Waals surface area contributed by atoms with Gasteiger partial charge in [-0.25, -0.2) is 9.78 Å². The van der Waals surface area contributed by atoms with E-state index in [2.05, 4.69) is 31.4 Å². The number of carbonyl (C=O) groups is 1. The molecular weight excluding hydrogens is 266 g/mol. The molecule has 0 aliphatic heterocycles. The van der Waals surface area contributed by atoms with E-state index < -0.39 is 5.69 Å². The summed E-state index contributed by atoms with van der Waals surface area (Å²) in [6.07, 6.45) is 1.48. The lowest BCUT2D eigenvalue weighted by atomic mass is 10.5. The molecule has 0 aliphatic rings. The van der Waals surface area contributed by atoms with Crippen molar-refractivity contribution in [2.75, 3.05) is 16.4 Å². The van der Waals surface area contributed by atoms with Gasteiger partial charge in [-0.1, -0.05) is 6.92 Å². The number of aromatic nitrogens is 3. The van der Waals surface area contributed by atoms with E-state index in [-0.39, 0.29) is 18.3 Å². The minimum atomic E-state index is -0.590. The smallest absolute Gasteiger partial charge is 0.357 e. The molecule has 8 heteroatoms. The van der Waals surface area contributed by atoms with Crippen molar-refractivity contribution in [2.24, 2.45) is 0 Å². The molecule has 0 radical (unpaired) electrons. The van der Waals surface area contributed by atoms with Crippen LogP contribution in [0.2, 0.25) is 0 Å². The fraction of sp³-hybridized carbons (Fsp3) is 0.429. The van der Waals surface area contributed by atoms with Crippen molar-refractivity contribution in [2.45, 2.75) is 13.3 Å². The predicted molar refractivity (Wildman–Crippen MR) is 58.3 cm³/mol. The number of anilines is 1. The summed E-state index contributed by atoms with van der Waals surface area (Å²) in [6, 6.07) is 0. The van der Waals surface area contributed by atoms with Crippen LogP contribution in [-0.2, 0) is 4.79 Å². The van der Waals surface area contributed by atoms with Crippen molar-refractivity contribution in [3.8, 4) is 0 Å². The van der Waals surface area contributed by atoms with E-state index in [0.717, 1.165) is 8.71 Å². The lowest BCUT2D eigenvalue weighted by molar-refractivity contribution is -0.118. The SMILES string of the molecule is CCC(=O)N(Br)n1cnc(NC)nc1=O. The van der Waals surface area contributed by atoms with Gasteiger partial charge in [0.05, 0.1) is 16.1 Å². The second kappa shape index (κ2) is 4.87. The molecule has 1 amide bonds. The first-order valence-corrected chi connectivity index (χ1v) is 4.93. The van der Waals surface area contributed by atoms with Gasteiger partial charge < -0.3 is 5.32 Å². The maximum Gasteiger partial charge on any atom is 0.372 e. The van der Waals surface area contributed by atoms with Crippen LogP contribution in [0.1, 0.15) is 13.3 Å². The van der Waals surface area contributed by atoms with Crippen LogP contribution in [0.25, 0.3) is 0 Å². The van der Waals surface area contributed by atoms with Crippen LogP contribution >= 0.6 is 16.1 Å². The summed E-state index contributed by atoms with van der Waals surface area (Å²) in [6.45, 7) is 1.68. The first kappa shape index (κ1) is 11.6. The van der Waals surface area contributed by atoms with E-state index in [9.17, 15) is 9.59 Å². The van der Waals surface area contributed by atoms with Crippen molar-refractivity contribution in [1.82, 2.24) is 14.6 Å². The second-order valence-corrected chi connectivity index (χ2v) is 3.24. The molecule has 82 valence electrons. The van der Waals surface area contributed by atoms with Crippen LogP contribution in [-0.4, -0.2) is 27.6 Å². The molecular formula is C7H10BrN5O2. The standard InChI is InChI=1S/C7H10BrN5O2/c1-3-5(14)13(8)12-4-10-6(9-2)11-7(12)15/h4H,3H2,1-2H3,(H,9,11,15). The Hall–Kier alpha value is -1.44. The maximum absolute atomic E-state index is 11.4. The molecule has 0 atom stereocenters. The number of hydrogen-bond donors (Lipinski definition) is 1. The Kier molecular flexibility index (Phi) is 3.78. The van der Waals surface area contributed by atoms with Crippen molar-refractivity contribution < 1.29 is 4.79 Å². The topological polar surface area (TPSA) is 80.1 Å². The van der Waals surface area contributed by atoms with E-state index in [0.29, 0.717) is 0 Å². The summed E-state index contributed by atoms with van der Waals surface area (Å²) in [5, 5.41) is 2.62. The average molecular weight is 276 g/mol. The van der Waals surface area contributed by atoms with Gasteiger partial charge in [0, 0.05) is 13.5 Å². The highest BCUT2D eigenvalue weighted by atomic mass is 79.9. The summed E-state index contributed by atoms with van der Waals surface area (Å²) < 4.78 is 1.97. The summed E-state index contributed by atoms with van der Waals surface area (Å²) >= 11 is 2.96. The van der Waals surface area contributed by atoms with Gasteiger partial charge in [-0.15, -0.1) is 0 Å². The van der Waals surface area contributed by atoms with Crippen LogP contribution in [0, 0.1) is 0 Å². The van der Waals surface area contributed by atoms with Gasteiger partial charge in [-0.2, -0.15) is 13.7 Å². The Bertz CT molecular complexity index is 418. The van der Waals surface area contributed by atoms with Gasteiger partial charge in [-0.3, -0.25) is 4.79 Å². The maximum atomic E-state index is 11.4. The lowest BCUT2D eigenvalue weighted by Gasteiger charge is -2.14. The number of amides is 1. The number of nitrogens with zero attached hydrogens (tertiary/aromatic N) is 4. The monoisotopic (exact) mass is 275 g/mol. The zero-order chi connectivity index (χ0) is 11.4. The fourth-order valence-electron chi connectivity index (χ4n) is 0.821. The van der Waals surface area contributed by atoms with Gasteiger partial charge >= 0.3 is 5.69 Å². The third kappa shape index (κ3) is 2.52. The van der Waals surface area contributed by atoms with Gasteiger partial charge in [0.2, 0.25) is 5.95 Å². The molecule has 1 heterocycles. The number of halogens is 1. The van der Waals surface area contributed by atoms with Gasteiger partial charge in [0.15, 0.2) is 0 Å². The van der Waals surface area contributed by atoms with Crippen molar-refractivity contribution in [1.29, 1.82) is 0 Å². The summed E-state index contributed by atoms with van der Waals surface area (Å²) in [4.78, 5) is 30.1. The molecule has 0 saturated carbocycles. The molecule has 7 nitrogen and oxygen atoms in total. The molecule has 0 aromatic carbocycles. The highest BCUT2D eigenvalue weighted by Crippen LogP contribution is 1.98. The number of rotatable bonds is 3. The first-order valence-electron chi connectivity index (χ1n) is 4.22. The second-order valence-electron chi connectivity index (χ2n) is 2.56. The Balaban J connectivity index is 3.06.